The molecule has 0 bridgehead atoms. The summed E-state index contributed by atoms with van der Waals surface area (Å²) in [6, 6.07) is 56.5. The lowest BCUT2D eigenvalue weighted by molar-refractivity contribution is 0.110. The van der Waals surface area contributed by atoms with Crippen LogP contribution >= 0.6 is 0 Å². The van der Waals surface area contributed by atoms with Crippen molar-refractivity contribution in [1.29, 1.82) is 0 Å². The first-order valence-electron chi connectivity index (χ1n) is 14.9. The molecule has 8 aromatic rings. The van der Waals surface area contributed by atoms with E-state index in [2.05, 4.69) is 158 Å². The van der Waals surface area contributed by atoms with Crippen LogP contribution in [0.1, 0.15) is 11.1 Å². The van der Waals surface area contributed by atoms with Gasteiger partial charge in [0.25, 0.3) is 0 Å². The maximum atomic E-state index is 6.73. The molecule has 0 saturated carbocycles. The molecule has 0 heterocycles. The van der Waals surface area contributed by atoms with Crippen LogP contribution in [0.5, 0.6) is 0 Å². The van der Waals surface area contributed by atoms with Crippen molar-refractivity contribution in [3.63, 3.8) is 0 Å². The molecular weight excluding hydrogens is 520 g/mol. The van der Waals surface area contributed by atoms with Gasteiger partial charge in [-0.25, -0.2) is 0 Å². The number of rotatable bonds is 6. The summed E-state index contributed by atoms with van der Waals surface area (Å²) in [6.45, 7) is 1.05. The van der Waals surface area contributed by atoms with Crippen LogP contribution in [0, 0.1) is 0 Å². The highest BCUT2D eigenvalue weighted by atomic mass is 16.5. The van der Waals surface area contributed by atoms with Gasteiger partial charge in [-0.05, 0) is 76.5 Å². The van der Waals surface area contributed by atoms with Crippen molar-refractivity contribution in [3.05, 3.63) is 169 Å². The van der Waals surface area contributed by atoms with Crippen LogP contribution in [0.3, 0.4) is 0 Å². The zero-order valence-corrected chi connectivity index (χ0v) is 23.8. The predicted octanol–water partition coefficient (Wildman–Crippen LogP) is 11.4. The first-order valence-corrected chi connectivity index (χ1v) is 14.9. The first kappa shape index (κ1) is 25.5. The Hall–Kier alpha value is -5.24. The van der Waals surface area contributed by atoms with Gasteiger partial charge in [0.05, 0.1) is 13.2 Å². The Morgan fingerprint density at radius 1 is 0.279 bits per heavy atom. The molecule has 0 aliphatic carbocycles. The van der Waals surface area contributed by atoms with Crippen molar-refractivity contribution in [1.82, 2.24) is 0 Å². The van der Waals surface area contributed by atoms with Crippen molar-refractivity contribution >= 4 is 43.1 Å². The van der Waals surface area contributed by atoms with E-state index in [1.807, 2.05) is 0 Å². The van der Waals surface area contributed by atoms with Crippen molar-refractivity contribution in [2.24, 2.45) is 0 Å². The van der Waals surface area contributed by atoms with E-state index in [4.69, 9.17) is 4.74 Å². The van der Waals surface area contributed by atoms with E-state index >= 15 is 0 Å². The van der Waals surface area contributed by atoms with Gasteiger partial charge in [0, 0.05) is 0 Å². The topological polar surface area (TPSA) is 9.23 Å². The zero-order chi connectivity index (χ0) is 28.6. The van der Waals surface area contributed by atoms with E-state index < -0.39 is 0 Å². The molecule has 1 heteroatoms. The summed E-state index contributed by atoms with van der Waals surface area (Å²) in [7, 11) is 0. The summed E-state index contributed by atoms with van der Waals surface area (Å²) >= 11 is 0. The second-order valence-electron chi connectivity index (χ2n) is 11.1. The fraction of sp³-hybridized carbons (Fsp3) is 0.0476. The third-order valence-corrected chi connectivity index (χ3v) is 8.70. The molecule has 8 rings (SSSR count). The number of fused-ring (bicyclic) bond motifs is 4. The highest BCUT2D eigenvalue weighted by Crippen LogP contribution is 2.41. The molecule has 0 unspecified atom stereocenters. The number of hydrogen-bond donors (Lipinski definition) is 0. The van der Waals surface area contributed by atoms with Gasteiger partial charge in [0.1, 0.15) is 0 Å². The molecule has 0 radical (unpaired) electrons. The van der Waals surface area contributed by atoms with Gasteiger partial charge in [-0.3, -0.25) is 0 Å². The van der Waals surface area contributed by atoms with Gasteiger partial charge in [-0.15, -0.1) is 0 Å². The minimum absolute atomic E-state index is 0.527. The molecule has 0 aliphatic rings. The normalized spacial score (nSPS) is 11.5. The van der Waals surface area contributed by atoms with Crippen LogP contribution in [0.4, 0.5) is 0 Å². The molecule has 43 heavy (non-hydrogen) atoms. The van der Waals surface area contributed by atoms with E-state index in [0.29, 0.717) is 13.2 Å². The Bertz CT molecular complexity index is 1970. The first-order chi connectivity index (χ1) is 21.4. The van der Waals surface area contributed by atoms with Gasteiger partial charge in [-0.2, -0.15) is 0 Å². The van der Waals surface area contributed by atoms with Gasteiger partial charge >= 0.3 is 0 Å². The lowest BCUT2D eigenvalue weighted by atomic mass is 9.88. The quantitative estimate of drug-likeness (QED) is 0.187. The molecule has 204 valence electrons. The summed E-state index contributed by atoms with van der Waals surface area (Å²) < 4.78 is 6.73. The Morgan fingerprint density at radius 3 is 0.837 bits per heavy atom. The molecule has 0 aliphatic heterocycles. The largest absolute Gasteiger partial charge is 0.372 e. The van der Waals surface area contributed by atoms with Crippen LogP contribution in [0.25, 0.3) is 65.3 Å². The van der Waals surface area contributed by atoms with E-state index in [-0.39, 0.29) is 0 Å². The van der Waals surface area contributed by atoms with Gasteiger partial charge in [-0.1, -0.05) is 158 Å². The van der Waals surface area contributed by atoms with E-state index in [0.717, 1.165) is 0 Å². The molecule has 0 saturated heterocycles. The maximum absolute atomic E-state index is 6.73. The lowest BCUT2D eigenvalue weighted by Gasteiger charge is -2.19. The summed E-state index contributed by atoms with van der Waals surface area (Å²) in [4.78, 5) is 0. The fourth-order valence-electron chi connectivity index (χ4n) is 6.84. The molecule has 0 N–H and O–H groups in total. The lowest BCUT2D eigenvalue weighted by Crippen LogP contribution is -2.00. The SMILES string of the molecule is c1ccc(-c2c3ccccc3c(COCc3c4ccccc4c(-c4ccccc4)c4ccccc34)c3ccccc23)cc1. The van der Waals surface area contributed by atoms with Crippen LogP contribution in [0.15, 0.2) is 158 Å². The van der Waals surface area contributed by atoms with Crippen molar-refractivity contribution in [3.8, 4) is 22.3 Å². The minimum atomic E-state index is 0.527. The van der Waals surface area contributed by atoms with Gasteiger partial charge in [0.2, 0.25) is 0 Å². The van der Waals surface area contributed by atoms with Gasteiger partial charge < -0.3 is 4.74 Å². The molecule has 8 aromatic carbocycles. The van der Waals surface area contributed by atoms with Crippen molar-refractivity contribution in [2.45, 2.75) is 13.2 Å². The van der Waals surface area contributed by atoms with E-state index in [1.165, 1.54) is 76.5 Å². The summed E-state index contributed by atoms with van der Waals surface area (Å²) in [5.41, 5.74) is 7.51. The number of ether oxygens (including phenoxy) is 1. The van der Waals surface area contributed by atoms with Gasteiger partial charge in [0.15, 0.2) is 0 Å². The Labute approximate surface area is 251 Å². The number of hydrogen-bond acceptors (Lipinski definition) is 1. The third kappa shape index (κ3) is 4.37. The maximum Gasteiger partial charge on any atom is 0.0733 e. The Kier molecular flexibility index (Phi) is 6.44. The molecule has 0 amide bonds. The molecule has 0 spiro atoms. The average Bonchev–Trinajstić information content (AvgIpc) is 3.08. The summed E-state index contributed by atoms with van der Waals surface area (Å²) in [5.74, 6) is 0. The van der Waals surface area contributed by atoms with Crippen LogP contribution < -0.4 is 0 Å². The number of benzene rings is 8. The van der Waals surface area contributed by atoms with Crippen molar-refractivity contribution < 1.29 is 4.74 Å². The molecule has 0 aromatic heterocycles. The standard InChI is InChI=1S/C42H30O/c1-3-15-29(16-4-1)41-35-23-11-7-19-31(35)39(32-20-8-12-24-36(32)41)27-43-28-40-33-21-9-13-25-37(33)42(30-17-5-2-6-18-30)38-26-14-10-22-34(38)40/h1-26H,27-28H2. The summed E-state index contributed by atoms with van der Waals surface area (Å²) in [6.07, 6.45) is 0. The van der Waals surface area contributed by atoms with E-state index in [9.17, 15) is 0 Å². The van der Waals surface area contributed by atoms with Crippen molar-refractivity contribution in [2.75, 3.05) is 0 Å². The second-order valence-corrected chi connectivity index (χ2v) is 11.1. The van der Waals surface area contributed by atoms with E-state index in [1.54, 1.807) is 0 Å². The average molecular weight is 551 g/mol. The highest BCUT2D eigenvalue weighted by molar-refractivity contribution is 6.16. The molecule has 0 fully saturated rings. The predicted molar refractivity (Wildman–Crippen MR) is 182 cm³/mol. The fourth-order valence-corrected chi connectivity index (χ4v) is 6.84. The Morgan fingerprint density at radius 2 is 0.535 bits per heavy atom. The van der Waals surface area contributed by atoms with Crippen LogP contribution in [-0.2, 0) is 18.0 Å². The van der Waals surface area contributed by atoms with Crippen LogP contribution in [0.2, 0.25) is 0 Å². The smallest absolute Gasteiger partial charge is 0.0733 e. The minimum Gasteiger partial charge on any atom is -0.372 e. The molecular formula is C42H30O. The highest BCUT2D eigenvalue weighted by Gasteiger charge is 2.17. The molecule has 1 nitrogen and oxygen atoms in total. The third-order valence-electron chi connectivity index (χ3n) is 8.70. The zero-order valence-electron chi connectivity index (χ0n) is 23.8. The van der Waals surface area contributed by atoms with Crippen LogP contribution in [-0.4, -0.2) is 0 Å². The monoisotopic (exact) mass is 550 g/mol. The summed E-state index contributed by atoms with van der Waals surface area (Å²) in [5, 5.41) is 10.0. The molecule has 0 atom stereocenters. The second kappa shape index (κ2) is 10.9. The Balaban J connectivity index is 1.26.